The molecule has 0 unspecified atom stereocenters. The van der Waals surface area contributed by atoms with E-state index in [-0.39, 0.29) is 4.88 Å². The molecule has 0 spiro atoms. The molecule has 1 aromatic carbocycles. The van der Waals surface area contributed by atoms with Gasteiger partial charge in [0.25, 0.3) is 0 Å². The molecule has 2 aromatic heterocycles. The number of carboxylic acids is 1. The lowest BCUT2D eigenvalue weighted by molar-refractivity contribution is 0.0698. The fraction of sp³-hybridized carbons (Fsp3) is 0.211. The van der Waals surface area contributed by atoms with Crippen LogP contribution in [0.3, 0.4) is 0 Å². The van der Waals surface area contributed by atoms with Gasteiger partial charge >= 0.3 is 5.97 Å². The van der Waals surface area contributed by atoms with E-state index in [1.54, 1.807) is 12.1 Å². The molecule has 2 heterocycles. The van der Waals surface area contributed by atoms with Crippen LogP contribution in [-0.2, 0) is 6.42 Å². The number of nitrogens with one attached hydrogen (secondary N) is 1. The van der Waals surface area contributed by atoms with Gasteiger partial charge in [0.15, 0.2) is 4.88 Å². The summed E-state index contributed by atoms with van der Waals surface area (Å²) in [5.74, 6) is 0.0213. The monoisotopic (exact) mass is 403 g/mol. The summed E-state index contributed by atoms with van der Waals surface area (Å²) < 4.78 is 5.41. The van der Waals surface area contributed by atoms with Crippen molar-refractivity contribution >= 4 is 34.7 Å². The quantitative estimate of drug-likeness (QED) is 0.571. The van der Waals surface area contributed by atoms with Crippen LogP contribution in [0, 0.1) is 0 Å². The molecule has 6 nitrogen and oxygen atoms in total. The van der Waals surface area contributed by atoms with Gasteiger partial charge in [0.1, 0.15) is 17.9 Å². The van der Waals surface area contributed by atoms with Crippen molar-refractivity contribution in [1.82, 2.24) is 9.97 Å². The fourth-order valence-electron chi connectivity index (χ4n) is 2.53. The number of anilines is 1. The third-order valence-electron chi connectivity index (χ3n) is 3.72. The Labute approximate surface area is 165 Å². The smallest absolute Gasteiger partial charge is 0.349 e. The molecule has 27 heavy (non-hydrogen) atoms. The average molecular weight is 404 g/mol. The molecule has 0 saturated heterocycles. The van der Waals surface area contributed by atoms with Crippen molar-refractivity contribution < 1.29 is 14.6 Å². The number of halogens is 1. The Morgan fingerprint density at radius 3 is 2.89 bits per heavy atom. The van der Waals surface area contributed by atoms with E-state index < -0.39 is 5.97 Å². The standard InChI is InChI=1S/C19H18ClN3O3S/c1-2-26-15-10-16(27-18(15)19(24)25)14-9-17(23-11-22-14)21-7-6-12-4-3-5-13(20)8-12/h3-5,8-11H,2,6-7H2,1H3,(H,24,25)(H,21,22,23). The molecule has 140 valence electrons. The third kappa shape index (κ3) is 4.96. The van der Waals surface area contributed by atoms with E-state index in [1.807, 2.05) is 31.2 Å². The molecular weight excluding hydrogens is 386 g/mol. The van der Waals surface area contributed by atoms with E-state index in [4.69, 9.17) is 16.3 Å². The molecule has 8 heteroatoms. The van der Waals surface area contributed by atoms with Gasteiger partial charge in [-0.2, -0.15) is 0 Å². The molecule has 2 N–H and O–H groups in total. The lowest BCUT2D eigenvalue weighted by Gasteiger charge is -2.07. The molecule has 0 aliphatic rings. The molecular formula is C19H18ClN3O3S. The number of carbonyl (C=O) groups is 1. The second-order valence-corrected chi connectivity index (χ2v) is 7.13. The predicted octanol–water partition coefficient (Wildman–Crippen LogP) is 4.61. The van der Waals surface area contributed by atoms with Crippen molar-refractivity contribution in [1.29, 1.82) is 0 Å². The second-order valence-electron chi connectivity index (χ2n) is 5.64. The minimum Gasteiger partial charge on any atom is -0.492 e. The van der Waals surface area contributed by atoms with Crippen LogP contribution in [0.1, 0.15) is 22.2 Å². The minimum atomic E-state index is -1.01. The van der Waals surface area contributed by atoms with E-state index in [1.165, 1.54) is 6.33 Å². The lowest BCUT2D eigenvalue weighted by Crippen LogP contribution is -2.06. The number of hydrogen-bond acceptors (Lipinski definition) is 6. The number of aromatic nitrogens is 2. The second kappa shape index (κ2) is 8.83. The van der Waals surface area contributed by atoms with Crippen molar-refractivity contribution in [3.63, 3.8) is 0 Å². The number of benzene rings is 1. The Morgan fingerprint density at radius 2 is 2.15 bits per heavy atom. The van der Waals surface area contributed by atoms with Gasteiger partial charge in [-0.25, -0.2) is 14.8 Å². The number of ether oxygens (including phenoxy) is 1. The van der Waals surface area contributed by atoms with Crippen molar-refractivity contribution in [3.05, 3.63) is 58.2 Å². The number of thiophene rings is 1. The van der Waals surface area contributed by atoms with Crippen LogP contribution in [0.4, 0.5) is 5.82 Å². The first-order valence-corrected chi connectivity index (χ1v) is 9.57. The van der Waals surface area contributed by atoms with Crippen molar-refractivity contribution in [3.8, 4) is 16.3 Å². The Kier molecular flexibility index (Phi) is 6.26. The summed E-state index contributed by atoms with van der Waals surface area (Å²) in [7, 11) is 0. The SMILES string of the molecule is CCOc1cc(-c2cc(NCCc3cccc(Cl)c3)ncn2)sc1C(=O)O. The van der Waals surface area contributed by atoms with Crippen LogP contribution in [0.25, 0.3) is 10.6 Å². The van der Waals surface area contributed by atoms with Crippen LogP contribution in [0.15, 0.2) is 42.7 Å². The van der Waals surface area contributed by atoms with Gasteiger partial charge < -0.3 is 15.2 Å². The average Bonchev–Trinajstić information content (AvgIpc) is 3.07. The number of rotatable bonds is 8. The first-order chi connectivity index (χ1) is 13.1. The highest BCUT2D eigenvalue weighted by atomic mass is 35.5. The highest BCUT2D eigenvalue weighted by Crippen LogP contribution is 2.36. The van der Waals surface area contributed by atoms with Gasteiger partial charge in [-0.1, -0.05) is 23.7 Å². The maximum Gasteiger partial charge on any atom is 0.349 e. The van der Waals surface area contributed by atoms with Crippen LogP contribution in [0.5, 0.6) is 5.75 Å². The van der Waals surface area contributed by atoms with Gasteiger partial charge in [-0.3, -0.25) is 0 Å². The minimum absolute atomic E-state index is 0.168. The zero-order valence-corrected chi connectivity index (χ0v) is 16.2. The molecule has 3 aromatic rings. The molecule has 0 atom stereocenters. The van der Waals surface area contributed by atoms with Crippen molar-refractivity contribution in [2.45, 2.75) is 13.3 Å². The maximum atomic E-state index is 11.4. The number of hydrogen-bond donors (Lipinski definition) is 2. The van der Waals surface area contributed by atoms with Gasteiger partial charge in [0.2, 0.25) is 0 Å². The Bertz CT molecular complexity index is 945. The van der Waals surface area contributed by atoms with E-state index in [9.17, 15) is 9.90 Å². The van der Waals surface area contributed by atoms with Crippen LogP contribution in [-0.4, -0.2) is 34.2 Å². The normalized spacial score (nSPS) is 10.6. The summed E-state index contributed by atoms with van der Waals surface area (Å²) in [6.45, 7) is 2.90. The highest BCUT2D eigenvalue weighted by Gasteiger charge is 2.18. The topological polar surface area (TPSA) is 84.3 Å². The molecule has 0 amide bonds. The van der Waals surface area contributed by atoms with Gasteiger partial charge in [-0.15, -0.1) is 11.3 Å². The first-order valence-electron chi connectivity index (χ1n) is 8.37. The molecule has 0 fully saturated rings. The molecule has 0 bridgehead atoms. The van der Waals surface area contributed by atoms with Crippen molar-refractivity contribution in [2.24, 2.45) is 0 Å². The van der Waals surface area contributed by atoms with E-state index in [2.05, 4.69) is 15.3 Å². The number of aromatic carboxylic acids is 1. The predicted molar refractivity (Wildman–Crippen MR) is 107 cm³/mol. The van der Waals surface area contributed by atoms with E-state index in [0.29, 0.717) is 35.4 Å². The van der Waals surface area contributed by atoms with Crippen molar-refractivity contribution in [2.75, 3.05) is 18.5 Å². The molecule has 0 aliphatic heterocycles. The lowest BCUT2D eigenvalue weighted by atomic mass is 10.1. The third-order valence-corrected chi connectivity index (χ3v) is 5.08. The van der Waals surface area contributed by atoms with Gasteiger partial charge in [-0.05, 0) is 31.0 Å². The van der Waals surface area contributed by atoms with Crippen LogP contribution < -0.4 is 10.1 Å². The van der Waals surface area contributed by atoms with Crippen LogP contribution in [0.2, 0.25) is 5.02 Å². The molecule has 0 radical (unpaired) electrons. The van der Waals surface area contributed by atoms with Gasteiger partial charge in [0.05, 0.1) is 17.2 Å². The summed E-state index contributed by atoms with van der Waals surface area (Å²) in [6.07, 6.45) is 2.26. The molecule has 0 saturated carbocycles. The first kappa shape index (κ1) is 19.1. The Morgan fingerprint density at radius 1 is 1.30 bits per heavy atom. The zero-order valence-electron chi connectivity index (χ0n) is 14.6. The maximum absolute atomic E-state index is 11.4. The summed E-state index contributed by atoms with van der Waals surface area (Å²) in [4.78, 5) is 20.7. The van der Waals surface area contributed by atoms with E-state index >= 15 is 0 Å². The number of carboxylic acid groups (broad SMARTS) is 1. The largest absolute Gasteiger partial charge is 0.492 e. The summed E-state index contributed by atoms with van der Waals surface area (Å²) in [5.41, 5.74) is 1.78. The van der Waals surface area contributed by atoms with Gasteiger partial charge in [0, 0.05) is 23.7 Å². The molecule has 3 rings (SSSR count). The fourth-order valence-corrected chi connectivity index (χ4v) is 3.65. The Balaban J connectivity index is 1.72. The number of nitrogens with zero attached hydrogens (tertiary/aromatic N) is 2. The van der Waals surface area contributed by atoms with E-state index in [0.717, 1.165) is 28.2 Å². The highest BCUT2D eigenvalue weighted by molar-refractivity contribution is 7.17. The van der Waals surface area contributed by atoms with Crippen LogP contribution >= 0.6 is 22.9 Å². The summed E-state index contributed by atoms with van der Waals surface area (Å²) in [5, 5.41) is 13.3. The molecule has 0 aliphatic carbocycles. The summed E-state index contributed by atoms with van der Waals surface area (Å²) >= 11 is 7.13. The zero-order chi connectivity index (χ0) is 19.2. The summed E-state index contributed by atoms with van der Waals surface area (Å²) in [6, 6.07) is 11.2. The Hall–Kier alpha value is -2.64.